The molecule has 0 aliphatic heterocycles. The molecule has 0 aliphatic rings. The maximum atomic E-state index is 11.0. The fourth-order valence-corrected chi connectivity index (χ4v) is 0.937. The number of aliphatic hydroxyl groups is 1. The van der Waals surface area contributed by atoms with Crippen LogP contribution in [0.25, 0.3) is 0 Å². The van der Waals surface area contributed by atoms with Crippen molar-refractivity contribution in [3.05, 3.63) is 0 Å². The van der Waals surface area contributed by atoms with Crippen LogP contribution in [0.15, 0.2) is 0 Å². The summed E-state index contributed by atoms with van der Waals surface area (Å²) in [5.41, 5.74) is -2.59. The van der Waals surface area contributed by atoms with E-state index in [1.807, 2.05) is 0 Å². The minimum Gasteiger partial charge on any atom is -0.380 e. The van der Waals surface area contributed by atoms with Gasteiger partial charge in [-0.05, 0) is 0 Å². The number of carbonyl (C=O) groups is 3. The average molecular weight is 219 g/mol. The van der Waals surface area contributed by atoms with Gasteiger partial charge < -0.3 is 5.11 Å². The highest BCUT2D eigenvalue weighted by Crippen LogP contribution is 2.17. The number of hydrogen-bond donors (Lipinski definition) is 1. The minimum absolute atomic E-state index is 0.983. The topological polar surface area (TPSA) is 143 Å². The zero-order chi connectivity index (χ0) is 12.8. The molecule has 80 valence electrons. The Balaban J connectivity index is 5.08. The van der Waals surface area contributed by atoms with Crippen LogP contribution in [0, 0.1) is 34.0 Å². The molecule has 0 bridgehead atoms. The molecule has 0 amide bonds. The summed E-state index contributed by atoms with van der Waals surface area (Å²) in [6.07, 6.45) is -1.97. The van der Waals surface area contributed by atoms with Gasteiger partial charge in [0.15, 0.2) is 5.60 Å². The van der Waals surface area contributed by atoms with Crippen molar-refractivity contribution in [2.45, 2.75) is 18.4 Å². The lowest BCUT2D eigenvalue weighted by molar-refractivity contribution is -0.140. The van der Waals surface area contributed by atoms with Gasteiger partial charge in [-0.25, -0.2) is 0 Å². The highest BCUT2D eigenvalue weighted by atomic mass is 16.3. The summed E-state index contributed by atoms with van der Waals surface area (Å²) in [6.45, 7) is 0. The lowest BCUT2D eigenvalue weighted by Crippen LogP contribution is -2.41. The third kappa shape index (κ3) is 3.30. The molecule has 0 atom stereocenters. The van der Waals surface area contributed by atoms with Crippen molar-refractivity contribution in [3.8, 4) is 18.2 Å². The lowest BCUT2D eigenvalue weighted by atomic mass is 9.88. The van der Waals surface area contributed by atoms with Crippen LogP contribution < -0.4 is 0 Å². The van der Waals surface area contributed by atoms with Crippen molar-refractivity contribution < 1.29 is 19.5 Å². The van der Waals surface area contributed by atoms with E-state index in [1.54, 1.807) is 0 Å². The first-order valence-corrected chi connectivity index (χ1v) is 3.92. The van der Waals surface area contributed by atoms with E-state index >= 15 is 0 Å². The molecular weight excluding hydrogens is 214 g/mol. The molecule has 0 heterocycles. The van der Waals surface area contributed by atoms with Gasteiger partial charge >= 0.3 is 0 Å². The second-order valence-corrected chi connectivity index (χ2v) is 2.90. The fraction of sp³-hybridized carbons (Fsp3) is 0.333. The zero-order valence-electron chi connectivity index (χ0n) is 7.93. The smallest absolute Gasteiger partial charge is 0.264 e. The first-order chi connectivity index (χ1) is 7.39. The molecule has 7 heteroatoms. The molecular formula is C9H5N3O4. The van der Waals surface area contributed by atoms with E-state index in [0.717, 1.165) is 18.2 Å². The van der Waals surface area contributed by atoms with E-state index in [-0.39, 0.29) is 0 Å². The summed E-state index contributed by atoms with van der Waals surface area (Å²) in [4.78, 5) is 32.5. The summed E-state index contributed by atoms with van der Waals surface area (Å²) < 4.78 is 0. The Hall–Kier alpha value is -2.56. The van der Waals surface area contributed by atoms with Crippen LogP contribution in [-0.4, -0.2) is 28.1 Å². The number of nitrogens with zero attached hydrogens (tertiary/aromatic N) is 3. The second-order valence-electron chi connectivity index (χ2n) is 2.90. The molecule has 0 aromatic rings. The largest absolute Gasteiger partial charge is 0.380 e. The fourth-order valence-electron chi connectivity index (χ4n) is 0.937. The molecule has 0 fully saturated rings. The van der Waals surface area contributed by atoms with Crippen molar-refractivity contribution in [1.82, 2.24) is 0 Å². The van der Waals surface area contributed by atoms with Gasteiger partial charge in [0.25, 0.3) is 5.78 Å². The lowest BCUT2D eigenvalue weighted by Gasteiger charge is -2.19. The molecule has 1 N–H and O–H groups in total. The number of ketones is 3. The van der Waals surface area contributed by atoms with E-state index in [0.29, 0.717) is 0 Å². The SMILES string of the molecule is N#CC(=O)CC(O)(CC(=O)C#N)C(=O)C#N. The van der Waals surface area contributed by atoms with Crippen molar-refractivity contribution in [2.24, 2.45) is 0 Å². The van der Waals surface area contributed by atoms with Crippen molar-refractivity contribution in [1.29, 1.82) is 15.8 Å². The van der Waals surface area contributed by atoms with Gasteiger partial charge in [-0.3, -0.25) is 14.4 Å². The van der Waals surface area contributed by atoms with E-state index in [4.69, 9.17) is 15.8 Å². The monoisotopic (exact) mass is 219 g/mol. The predicted molar refractivity (Wildman–Crippen MR) is 46.0 cm³/mol. The third-order valence-corrected chi connectivity index (χ3v) is 1.68. The van der Waals surface area contributed by atoms with Crippen LogP contribution in [-0.2, 0) is 14.4 Å². The Morgan fingerprint density at radius 2 is 1.31 bits per heavy atom. The first-order valence-electron chi connectivity index (χ1n) is 3.92. The van der Waals surface area contributed by atoms with Gasteiger partial charge in [0.2, 0.25) is 11.6 Å². The van der Waals surface area contributed by atoms with E-state index < -0.39 is 35.8 Å². The highest BCUT2D eigenvalue weighted by Gasteiger charge is 2.40. The highest BCUT2D eigenvalue weighted by molar-refractivity contribution is 6.08. The molecule has 0 radical (unpaired) electrons. The molecule has 7 nitrogen and oxygen atoms in total. The van der Waals surface area contributed by atoms with Crippen LogP contribution >= 0.6 is 0 Å². The Kier molecular flexibility index (Phi) is 4.50. The molecule has 16 heavy (non-hydrogen) atoms. The third-order valence-electron chi connectivity index (χ3n) is 1.68. The van der Waals surface area contributed by atoms with Crippen LogP contribution in [0.4, 0.5) is 0 Å². The summed E-state index contributed by atoms with van der Waals surface area (Å²) in [6, 6.07) is 3.32. The molecule has 0 saturated heterocycles. The van der Waals surface area contributed by atoms with Crippen molar-refractivity contribution >= 4 is 17.3 Å². The number of nitriles is 3. The van der Waals surface area contributed by atoms with E-state index in [9.17, 15) is 19.5 Å². The summed E-state index contributed by atoms with van der Waals surface area (Å²) in [5, 5.41) is 34.2. The summed E-state index contributed by atoms with van der Waals surface area (Å²) >= 11 is 0. The maximum absolute atomic E-state index is 11.0. The summed E-state index contributed by atoms with van der Waals surface area (Å²) in [5.74, 6) is -3.74. The number of Topliss-reactive ketones (excluding diaryl/α,β-unsaturated/α-hetero) is 3. The number of hydrogen-bond acceptors (Lipinski definition) is 7. The Morgan fingerprint density at radius 3 is 1.56 bits per heavy atom. The first kappa shape index (κ1) is 13.4. The Bertz CT molecular complexity index is 433. The van der Waals surface area contributed by atoms with Crippen molar-refractivity contribution in [3.63, 3.8) is 0 Å². The van der Waals surface area contributed by atoms with Crippen LogP contribution in [0.2, 0.25) is 0 Å². The van der Waals surface area contributed by atoms with Gasteiger partial charge in [-0.1, -0.05) is 0 Å². The molecule has 0 aromatic carbocycles. The Morgan fingerprint density at radius 1 is 0.938 bits per heavy atom. The second kappa shape index (κ2) is 5.35. The van der Waals surface area contributed by atoms with Gasteiger partial charge in [0, 0.05) is 0 Å². The quantitative estimate of drug-likeness (QED) is 0.570. The van der Waals surface area contributed by atoms with Crippen LogP contribution in [0.5, 0.6) is 0 Å². The van der Waals surface area contributed by atoms with Gasteiger partial charge in [0.1, 0.15) is 18.2 Å². The Labute approximate surface area is 90.1 Å². The minimum atomic E-state index is -2.59. The maximum Gasteiger partial charge on any atom is 0.264 e. The van der Waals surface area contributed by atoms with E-state index in [2.05, 4.69) is 0 Å². The predicted octanol–water partition coefficient (Wildman–Crippen LogP) is -1.22. The molecule has 0 aliphatic carbocycles. The van der Waals surface area contributed by atoms with E-state index in [1.165, 1.54) is 0 Å². The van der Waals surface area contributed by atoms with Crippen LogP contribution in [0.1, 0.15) is 12.8 Å². The molecule has 0 spiro atoms. The van der Waals surface area contributed by atoms with Crippen molar-refractivity contribution in [2.75, 3.05) is 0 Å². The number of carbonyl (C=O) groups excluding carboxylic acids is 3. The standard InChI is InChI=1S/C9H5N3O4/c10-3-6(13)1-9(16,8(15)5-12)2-7(14)4-11/h16H,1-2H2. The van der Waals surface area contributed by atoms with Crippen LogP contribution in [0.3, 0.4) is 0 Å². The van der Waals surface area contributed by atoms with Gasteiger partial charge in [-0.15, -0.1) is 0 Å². The normalized spacial score (nSPS) is 9.38. The summed E-state index contributed by atoms with van der Waals surface area (Å²) in [7, 11) is 0. The molecule has 0 aromatic heterocycles. The molecule has 0 unspecified atom stereocenters. The number of rotatable bonds is 5. The van der Waals surface area contributed by atoms with Gasteiger partial charge in [0.05, 0.1) is 12.8 Å². The zero-order valence-corrected chi connectivity index (χ0v) is 7.93. The van der Waals surface area contributed by atoms with Gasteiger partial charge in [-0.2, -0.15) is 15.8 Å². The molecule has 0 rings (SSSR count). The average Bonchev–Trinajstić information content (AvgIpc) is 2.27. The molecule has 0 saturated carbocycles.